The van der Waals surface area contributed by atoms with E-state index < -0.39 is 12.0 Å². The first kappa shape index (κ1) is 17.5. The van der Waals surface area contributed by atoms with Crippen LogP contribution < -0.4 is 5.32 Å². The van der Waals surface area contributed by atoms with Gasteiger partial charge in [-0.1, -0.05) is 43.5 Å². The van der Waals surface area contributed by atoms with Crippen molar-refractivity contribution < 1.29 is 14.7 Å². The SMILES string of the molecule is CCCCC(NC(=O)CCc1ccc(C)c(Cl)c1)C(=O)O. The Balaban J connectivity index is 2.48. The quantitative estimate of drug-likeness (QED) is 0.773. The van der Waals surface area contributed by atoms with E-state index in [0.29, 0.717) is 17.9 Å². The molecule has 4 nitrogen and oxygen atoms in total. The zero-order chi connectivity index (χ0) is 15.8. The minimum atomic E-state index is -0.977. The van der Waals surface area contributed by atoms with Crippen LogP contribution in [0, 0.1) is 6.92 Å². The Morgan fingerprint density at radius 2 is 2.10 bits per heavy atom. The van der Waals surface area contributed by atoms with Gasteiger partial charge in [0.25, 0.3) is 0 Å². The molecule has 0 aliphatic heterocycles. The fourth-order valence-electron chi connectivity index (χ4n) is 1.98. The van der Waals surface area contributed by atoms with Gasteiger partial charge in [-0.2, -0.15) is 0 Å². The Bertz CT molecular complexity index is 502. The standard InChI is InChI=1S/C16H22ClNO3/c1-3-4-5-14(16(20)21)18-15(19)9-8-12-7-6-11(2)13(17)10-12/h6-7,10,14H,3-5,8-9H2,1-2H3,(H,18,19)(H,20,21). The van der Waals surface area contributed by atoms with Gasteiger partial charge in [-0.3, -0.25) is 4.79 Å². The Morgan fingerprint density at radius 3 is 2.67 bits per heavy atom. The molecule has 21 heavy (non-hydrogen) atoms. The van der Waals surface area contributed by atoms with Crippen LogP contribution in [-0.2, 0) is 16.0 Å². The number of aryl methyl sites for hydroxylation is 2. The van der Waals surface area contributed by atoms with Gasteiger partial charge in [0.15, 0.2) is 0 Å². The topological polar surface area (TPSA) is 66.4 Å². The van der Waals surface area contributed by atoms with Crippen LogP contribution in [0.15, 0.2) is 18.2 Å². The number of benzene rings is 1. The molecule has 1 atom stereocenters. The van der Waals surface area contributed by atoms with Gasteiger partial charge in [-0.05, 0) is 37.0 Å². The van der Waals surface area contributed by atoms with E-state index in [1.54, 1.807) is 0 Å². The fourth-order valence-corrected chi connectivity index (χ4v) is 2.19. The predicted molar refractivity (Wildman–Crippen MR) is 83.6 cm³/mol. The summed E-state index contributed by atoms with van der Waals surface area (Å²) in [5, 5.41) is 12.3. The maximum absolute atomic E-state index is 11.8. The minimum absolute atomic E-state index is 0.241. The molecule has 0 spiro atoms. The summed E-state index contributed by atoms with van der Waals surface area (Å²) < 4.78 is 0. The number of aliphatic carboxylic acids is 1. The number of unbranched alkanes of at least 4 members (excludes halogenated alkanes) is 1. The number of amides is 1. The van der Waals surface area contributed by atoms with Crippen molar-refractivity contribution in [3.8, 4) is 0 Å². The van der Waals surface area contributed by atoms with Crippen LogP contribution in [0.3, 0.4) is 0 Å². The van der Waals surface area contributed by atoms with E-state index in [2.05, 4.69) is 5.32 Å². The van der Waals surface area contributed by atoms with Gasteiger partial charge in [0.05, 0.1) is 0 Å². The molecular formula is C16H22ClNO3. The largest absolute Gasteiger partial charge is 0.480 e. The second-order valence-corrected chi connectivity index (χ2v) is 5.59. The Labute approximate surface area is 130 Å². The lowest BCUT2D eigenvalue weighted by atomic mass is 10.1. The van der Waals surface area contributed by atoms with Crippen molar-refractivity contribution in [3.63, 3.8) is 0 Å². The molecule has 5 heteroatoms. The van der Waals surface area contributed by atoms with Crippen LogP contribution in [0.4, 0.5) is 0 Å². The number of nitrogens with one attached hydrogen (secondary N) is 1. The average molecular weight is 312 g/mol. The summed E-state index contributed by atoms with van der Waals surface area (Å²) in [5.41, 5.74) is 1.97. The number of hydrogen-bond donors (Lipinski definition) is 2. The molecule has 1 aromatic carbocycles. The molecule has 0 aliphatic carbocycles. The Hall–Kier alpha value is -1.55. The van der Waals surface area contributed by atoms with Crippen LogP contribution in [0.5, 0.6) is 0 Å². The van der Waals surface area contributed by atoms with Crippen LogP contribution in [0.25, 0.3) is 0 Å². The van der Waals surface area contributed by atoms with Crippen molar-refractivity contribution in [1.29, 1.82) is 0 Å². The monoisotopic (exact) mass is 311 g/mol. The molecule has 0 saturated carbocycles. The number of carbonyl (C=O) groups is 2. The summed E-state index contributed by atoms with van der Waals surface area (Å²) in [6.07, 6.45) is 2.96. The highest BCUT2D eigenvalue weighted by Crippen LogP contribution is 2.17. The molecule has 1 unspecified atom stereocenters. The summed E-state index contributed by atoms with van der Waals surface area (Å²) in [6.45, 7) is 3.91. The molecule has 0 aliphatic rings. The van der Waals surface area contributed by atoms with E-state index in [-0.39, 0.29) is 12.3 Å². The van der Waals surface area contributed by atoms with Gasteiger partial charge in [0, 0.05) is 11.4 Å². The van der Waals surface area contributed by atoms with Crippen molar-refractivity contribution in [1.82, 2.24) is 5.32 Å². The molecule has 0 radical (unpaired) electrons. The number of carboxylic acid groups (broad SMARTS) is 1. The lowest BCUT2D eigenvalue weighted by molar-refractivity contribution is -0.142. The highest BCUT2D eigenvalue weighted by Gasteiger charge is 2.18. The van der Waals surface area contributed by atoms with Crippen molar-refractivity contribution in [2.75, 3.05) is 0 Å². The maximum atomic E-state index is 11.8. The lowest BCUT2D eigenvalue weighted by Gasteiger charge is -2.14. The third-order valence-electron chi connectivity index (χ3n) is 3.36. The molecule has 0 bridgehead atoms. The molecule has 1 aromatic rings. The van der Waals surface area contributed by atoms with E-state index in [1.165, 1.54) is 0 Å². The zero-order valence-corrected chi connectivity index (χ0v) is 13.2. The number of halogens is 1. The molecule has 1 rings (SSSR count). The van der Waals surface area contributed by atoms with Gasteiger partial charge in [-0.15, -0.1) is 0 Å². The first-order valence-corrected chi connectivity index (χ1v) is 7.59. The Kier molecular flexibility index (Phi) is 7.23. The van der Waals surface area contributed by atoms with Gasteiger partial charge in [-0.25, -0.2) is 4.79 Å². The third kappa shape index (κ3) is 6.17. The highest BCUT2D eigenvalue weighted by atomic mass is 35.5. The number of rotatable bonds is 8. The first-order chi connectivity index (χ1) is 9.93. The molecule has 0 aromatic heterocycles. The summed E-state index contributed by atoms with van der Waals surface area (Å²) in [5.74, 6) is -1.22. The summed E-state index contributed by atoms with van der Waals surface area (Å²) in [6, 6.07) is 4.90. The molecule has 0 heterocycles. The minimum Gasteiger partial charge on any atom is -0.480 e. The second kappa shape index (κ2) is 8.67. The van der Waals surface area contributed by atoms with Gasteiger partial charge >= 0.3 is 5.97 Å². The average Bonchev–Trinajstić information content (AvgIpc) is 2.44. The molecular weight excluding hydrogens is 290 g/mol. The van der Waals surface area contributed by atoms with Crippen molar-refractivity contribution in [3.05, 3.63) is 34.3 Å². The zero-order valence-electron chi connectivity index (χ0n) is 12.5. The summed E-state index contributed by atoms with van der Waals surface area (Å²) >= 11 is 6.03. The van der Waals surface area contributed by atoms with E-state index in [4.69, 9.17) is 16.7 Å². The second-order valence-electron chi connectivity index (χ2n) is 5.18. The van der Waals surface area contributed by atoms with Crippen molar-refractivity contribution in [2.24, 2.45) is 0 Å². The third-order valence-corrected chi connectivity index (χ3v) is 3.76. The molecule has 0 fully saturated rings. The number of carboxylic acids is 1. The normalized spacial score (nSPS) is 12.0. The Morgan fingerprint density at radius 1 is 1.38 bits per heavy atom. The fraction of sp³-hybridized carbons (Fsp3) is 0.500. The molecule has 1 amide bonds. The van der Waals surface area contributed by atoms with Crippen molar-refractivity contribution >= 4 is 23.5 Å². The molecule has 116 valence electrons. The number of hydrogen-bond acceptors (Lipinski definition) is 2. The van der Waals surface area contributed by atoms with E-state index in [0.717, 1.165) is 24.0 Å². The van der Waals surface area contributed by atoms with Gasteiger partial charge in [0.2, 0.25) is 5.91 Å². The van der Waals surface area contributed by atoms with Crippen LogP contribution >= 0.6 is 11.6 Å². The predicted octanol–water partition coefficient (Wildman–Crippen LogP) is 3.34. The maximum Gasteiger partial charge on any atom is 0.326 e. The van der Waals surface area contributed by atoms with Gasteiger partial charge < -0.3 is 10.4 Å². The molecule has 2 N–H and O–H groups in total. The van der Waals surface area contributed by atoms with E-state index >= 15 is 0 Å². The van der Waals surface area contributed by atoms with Gasteiger partial charge in [0.1, 0.15) is 6.04 Å². The smallest absolute Gasteiger partial charge is 0.326 e. The molecule has 0 saturated heterocycles. The lowest BCUT2D eigenvalue weighted by Crippen LogP contribution is -2.40. The highest BCUT2D eigenvalue weighted by molar-refractivity contribution is 6.31. The summed E-state index contributed by atoms with van der Waals surface area (Å²) in [4.78, 5) is 22.9. The van der Waals surface area contributed by atoms with Crippen molar-refractivity contribution in [2.45, 2.75) is 52.0 Å². The van der Waals surface area contributed by atoms with E-state index in [1.807, 2.05) is 32.0 Å². The summed E-state index contributed by atoms with van der Waals surface area (Å²) in [7, 11) is 0. The van der Waals surface area contributed by atoms with Crippen LogP contribution in [0.1, 0.15) is 43.7 Å². The van der Waals surface area contributed by atoms with E-state index in [9.17, 15) is 9.59 Å². The first-order valence-electron chi connectivity index (χ1n) is 7.21. The van der Waals surface area contributed by atoms with Crippen LogP contribution in [0.2, 0.25) is 5.02 Å². The van der Waals surface area contributed by atoms with Crippen LogP contribution in [-0.4, -0.2) is 23.0 Å². The number of carbonyl (C=O) groups excluding carboxylic acids is 1.